The van der Waals surface area contributed by atoms with Crippen molar-refractivity contribution >= 4 is 5.97 Å². The second-order valence-electron chi connectivity index (χ2n) is 5.81. The van der Waals surface area contributed by atoms with Crippen LogP contribution in [-0.4, -0.2) is 23.0 Å². The number of rotatable bonds is 4. The minimum absolute atomic E-state index is 0.0730. The number of aromatic nitrogens is 2. The van der Waals surface area contributed by atoms with Crippen molar-refractivity contribution in [2.45, 2.75) is 31.7 Å². The molecular weight excluding hydrogens is 278 g/mol. The van der Waals surface area contributed by atoms with Crippen LogP contribution in [0.5, 0.6) is 0 Å². The molecule has 0 radical (unpaired) electrons. The van der Waals surface area contributed by atoms with Crippen molar-refractivity contribution in [1.29, 1.82) is 0 Å². The predicted molar refractivity (Wildman–Crippen MR) is 83.2 cm³/mol. The molecule has 2 atom stereocenters. The Morgan fingerprint density at radius 2 is 2.23 bits per heavy atom. The van der Waals surface area contributed by atoms with Gasteiger partial charge in [-0.25, -0.2) is 4.98 Å². The molecule has 22 heavy (non-hydrogen) atoms. The summed E-state index contributed by atoms with van der Waals surface area (Å²) in [5.74, 6) is 0.589. The summed E-state index contributed by atoms with van der Waals surface area (Å²) >= 11 is 0. The third-order valence-corrected chi connectivity index (χ3v) is 4.25. The van der Waals surface area contributed by atoms with Crippen molar-refractivity contribution in [3.05, 3.63) is 53.1 Å². The molecule has 0 fully saturated rings. The molecular formula is C17H21N3O2. The Balaban J connectivity index is 1.72. The highest BCUT2D eigenvalue weighted by molar-refractivity contribution is 5.73. The third-order valence-electron chi connectivity index (χ3n) is 4.25. The molecule has 1 heterocycles. The number of benzene rings is 1. The molecule has 5 heteroatoms. The molecule has 0 bridgehead atoms. The Labute approximate surface area is 129 Å². The molecule has 0 saturated heterocycles. The number of fused-ring (bicyclic) bond motifs is 1. The zero-order valence-electron chi connectivity index (χ0n) is 12.7. The number of ether oxygens (including phenoxy) is 1. The average molecular weight is 299 g/mol. The summed E-state index contributed by atoms with van der Waals surface area (Å²) in [4.78, 5) is 19.6. The largest absolute Gasteiger partial charge is 0.469 e. The van der Waals surface area contributed by atoms with Gasteiger partial charge in [0.1, 0.15) is 5.82 Å². The zero-order chi connectivity index (χ0) is 15.5. The number of esters is 1. The second kappa shape index (κ2) is 6.32. The lowest BCUT2D eigenvalue weighted by Gasteiger charge is -2.18. The Hall–Kier alpha value is -2.14. The first kappa shape index (κ1) is 14.8. The normalized spacial score (nSPS) is 18.5. The van der Waals surface area contributed by atoms with Crippen molar-refractivity contribution in [2.24, 2.45) is 11.7 Å². The molecule has 3 rings (SSSR count). The number of aryl methyl sites for hydroxylation is 1. The smallest absolute Gasteiger partial charge is 0.309 e. The second-order valence-corrected chi connectivity index (χ2v) is 5.81. The topological polar surface area (TPSA) is 81.0 Å². The summed E-state index contributed by atoms with van der Waals surface area (Å²) in [6.45, 7) is 0. The molecule has 1 aromatic heterocycles. The van der Waals surface area contributed by atoms with Gasteiger partial charge in [-0.1, -0.05) is 30.3 Å². The van der Waals surface area contributed by atoms with E-state index in [1.165, 1.54) is 12.7 Å². The Morgan fingerprint density at radius 3 is 2.95 bits per heavy atom. The van der Waals surface area contributed by atoms with E-state index in [0.717, 1.165) is 36.5 Å². The molecule has 1 aliphatic carbocycles. The first-order valence-corrected chi connectivity index (χ1v) is 7.62. The molecule has 0 aliphatic heterocycles. The molecule has 2 unspecified atom stereocenters. The maximum atomic E-state index is 11.7. The number of nitrogens with zero attached hydrogens (tertiary/aromatic N) is 1. The van der Waals surface area contributed by atoms with Gasteiger partial charge < -0.3 is 15.5 Å². The lowest BCUT2D eigenvalue weighted by atomic mass is 9.90. The molecule has 3 N–H and O–H groups in total. The van der Waals surface area contributed by atoms with Crippen LogP contribution in [-0.2, 0) is 28.8 Å². The van der Waals surface area contributed by atoms with Crippen molar-refractivity contribution in [1.82, 2.24) is 9.97 Å². The summed E-state index contributed by atoms with van der Waals surface area (Å²) in [5, 5.41) is 0. The van der Waals surface area contributed by atoms with Crippen LogP contribution < -0.4 is 5.73 Å². The highest BCUT2D eigenvalue weighted by atomic mass is 16.5. The monoisotopic (exact) mass is 299 g/mol. The van der Waals surface area contributed by atoms with E-state index in [0.29, 0.717) is 6.42 Å². The van der Waals surface area contributed by atoms with Crippen molar-refractivity contribution < 1.29 is 9.53 Å². The highest BCUT2D eigenvalue weighted by Crippen LogP contribution is 2.26. The maximum absolute atomic E-state index is 11.7. The number of H-pyrrole nitrogens is 1. The average Bonchev–Trinajstić information content (AvgIpc) is 2.98. The van der Waals surface area contributed by atoms with Crippen LogP contribution in [0.25, 0.3) is 0 Å². The molecule has 116 valence electrons. The van der Waals surface area contributed by atoms with E-state index < -0.39 is 0 Å². The van der Waals surface area contributed by atoms with Crippen LogP contribution in [0, 0.1) is 5.92 Å². The van der Waals surface area contributed by atoms with Gasteiger partial charge in [-0.15, -0.1) is 0 Å². The number of hydrogen-bond acceptors (Lipinski definition) is 4. The van der Waals surface area contributed by atoms with Crippen molar-refractivity contribution in [3.63, 3.8) is 0 Å². The number of nitrogens with one attached hydrogen (secondary N) is 1. The third kappa shape index (κ3) is 3.04. The van der Waals surface area contributed by atoms with Gasteiger partial charge in [0.2, 0.25) is 0 Å². The van der Waals surface area contributed by atoms with E-state index >= 15 is 0 Å². The molecule has 1 aliphatic rings. The van der Waals surface area contributed by atoms with Crippen LogP contribution in [0.1, 0.15) is 35.2 Å². The SMILES string of the molecule is COC(=O)C1CCc2nc(C(N)Cc3ccccc3)[nH]c2C1. The standard InChI is InChI=1S/C17H21N3O2/c1-22-17(21)12-7-8-14-15(10-12)20-16(19-14)13(18)9-11-5-3-2-4-6-11/h2-6,12-13H,7-10,18H2,1H3,(H,19,20). The predicted octanol–water partition coefficient (Wildman–Crippen LogP) is 1.93. The van der Waals surface area contributed by atoms with E-state index in [1.807, 2.05) is 18.2 Å². The molecule has 1 aromatic carbocycles. The summed E-state index contributed by atoms with van der Waals surface area (Å²) in [6, 6.07) is 9.98. The van der Waals surface area contributed by atoms with Gasteiger partial charge in [0, 0.05) is 12.1 Å². The lowest BCUT2D eigenvalue weighted by Crippen LogP contribution is -2.23. The Bertz CT molecular complexity index is 651. The number of carbonyl (C=O) groups is 1. The van der Waals surface area contributed by atoms with Gasteiger partial charge in [0.05, 0.1) is 24.8 Å². The van der Waals surface area contributed by atoms with Crippen LogP contribution in [0.2, 0.25) is 0 Å². The van der Waals surface area contributed by atoms with Gasteiger partial charge in [-0.2, -0.15) is 0 Å². The Kier molecular flexibility index (Phi) is 4.24. The number of nitrogens with two attached hydrogens (primary N) is 1. The summed E-state index contributed by atoms with van der Waals surface area (Å²) in [7, 11) is 1.44. The molecule has 0 amide bonds. The van der Waals surface area contributed by atoms with Crippen LogP contribution in [0.15, 0.2) is 30.3 Å². The Morgan fingerprint density at radius 1 is 1.45 bits per heavy atom. The van der Waals surface area contributed by atoms with E-state index in [4.69, 9.17) is 10.5 Å². The first-order valence-electron chi connectivity index (χ1n) is 7.62. The van der Waals surface area contributed by atoms with Gasteiger partial charge in [-0.3, -0.25) is 4.79 Å². The van der Waals surface area contributed by atoms with Crippen LogP contribution in [0.3, 0.4) is 0 Å². The highest BCUT2D eigenvalue weighted by Gasteiger charge is 2.28. The van der Waals surface area contributed by atoms with E-state index in [-0.39, 0.29) is 17.9 Å². The van der Waals surface area contributed by atoms with Crippen molar-refractivity contribution in [3.8, 4) is 0 Å². The molecule has 2 aromatic rings. The maximum Gasteiger partial charge on any atom is 0.309 e. The first-order chi connectivity index (χ1) is 10.7. The summed E-state index contributed by atoms with van der Waals surface area (Å²) < 4.78 is 4.84. The van der Waals surface area contributed by atoms with E-state index in [1.54, 1.807) is 0 Å². The van der Waals surface area contributed by atoms with Crippen LogP contribution in [0.4, 0.5) is 0 Å². The van der Waals surface area contributed by atoms with Gasteiger partial charge in [-0.05, 0) is 24.8 Å². The number of hydrogen-bond donors (Lipinski definition) is 2. The quantitative estimate of drug-likeness (QED) is 0.845. The molecule has 0 spiro atoms. The van der Waals surface area contributed by atoms with E-state index in [9.17, 15) is 4.79 Å². The molecule has 0 saturated carbocycles. The van der Waals surface area contributed by atoms with Gasteiger partial charge in [0.25, 0.3) is 0 Å². The number of methoxy groups -OCH3 is 1. The fourth-order valence-electron chi connectivity index (χ4n) is 3.01. The zero-order valence-corrected chi connectivity index (χ0v) is 12.7. The fourth-order valence-corrected chi connectivity index (χ4v) is 3.01. The number of carbonyl (C=O) groups excluding carboxylic acids is 1. The number of aromatic amines is 1. The number of imidazole rings is 1. The fraction of sp³-hybridized carbons (Fsp3) is 0.412. The molecule has 5 nitrogen and oxygen atoms in total. The summed E-state index contributed by atoms with van der Waals surface area (Å²) in [6.07, 6.45) is 2.99. The summed E-state index contributed by atoms with van der Waals surface area (Å²) in [5.41, 5.74) is 9.53. The minimum atomic E-state index is -0.162. The lowest BCUT2D eigenvalue weighted by molar-refractivity contribution is -0.145. The van der Waals surface area contributed by atoms with Crippen LogP contribution >= 0.6 is 0 Å². The minimum Gasteiger partial charge on any atom is -0.469 e. The van der Waals surface area contributed by atoms with Gasteiger partial charge in [0.15, 0.2) is 0 Å². The van der Waals surface area contributed by atoms with Gasteiger partial charge >= 0.3 is 5.97 Å². The van der Waals surface area contributed by atoms with E-state index in [2.05, 4.69) is 22.1 Å². The van der Waals surface area contributed by atoms with Crippen molar-refractivity contribution in [2.75, 3.05) is 7.11 Å².